The molecule has 11 heteroatoms. The molecule has 1 fully saturated rings. The summed E-state index contributed by atoms with van der Waals surface area (Å²) in [5.41, 5.74) is 3.91. The Morgan fingerprint density at radius 1 is 1.00 bits per heavy atom. The van der Waals surface area contributed by atoms with Crippen molar-refractivity contribution in [1.82, 2.24) is 25.1 Å². The Bertz CT molecular complexity index is 1750. The molecule has 11 nitrogen and oxygen atoms in total. The van der Waals surface area contributed by atoms with Crippen molar-refractivity contribution in [1.29, 1.82) is 0 Å². The molecule has 0 radical (unpaired) electrons. The number of aromatic amines is 1. The number of aromatic nitrogens is 2. The van der Waals surface area contributed by atoms with Crippen LogP contribution >= 0.6 is 0 Å². The van der Waals surface area contributed by atoms with E-state index in [9.17, 15) is 14.4 Å². The number of carbonyl (C=O) groups excluding carboxylic acids is 3. The van der Waals surface area contributed by atoms with Gasteiger partial charge in [-0.15, -0.1) is 0 Å². The minimum atomic E-state index is -0.485. The van der Waals surface area contributed by atoms with Gasteiger partial charge < -0.3 is 34.3 Å². The van der Waals surface area contributed by atoms with E-state index >= 15 is 0 Å². The second-order valence-corrected chi connectivity index (χ2v) is 11.8. The van der Waals surface area contributed by atoms with E-state index in [1.807, 2.05) is 55.6 Å². The van der Waals surface area contributed by atoms with E-state index in [0.717, 1.165) is 22.0 Å². The lowest BCUT2D eigenvalue weighted by Crippen LogP contribution is -2.40. The predicted octanol–water partition coefficient (Wildman–Crippen LogP) is 3.71. The Kier molecular flexibility index (Phi) is 9.09. The Hall–Kier alpha value is -5.06. The maximum absolute atomic E-state index is 13.8. The van der Waals surface area contributed by atoms with E-state index < -0.39 is 5.92 Å². The van der Waals surface area contributed by atoms with Crippen molar-refractivity contribution in [2.75, 3.05) is 53.6 Å². The van der Waals surface area contributed by atoms with Crippen LogP contribution in [0.1, 0.15) is 39.5 Å². The molecule has 4 aromatic rings. The molecule has 240 valence electrons. The van der Waals surface area contributed by atoms with Crippen LogP contribution in [-0.2, 0) is 16.0 Å². The molecular formula is C35H39N5O6. The van der Waals surface area contributed by atoms with Crippen LogP contribution in [0.2, 0.25) is 0 Å². The van der Waals surface area contributed by atoms with Crippen molar-refractivity contribution in [2.45, 2.75) is 25.7 Å². The van der Waals surface area contributed by atoms with Crippen molar-refractivity contribution in [3.63, 3.8) is 0 Å². The fourth-order valence-corrected chi connectivity index (χ4v) is 6.45. The lowest BCUT2D eigenvalue weighted by atomic mass is 9.88. The molecule has 2 N–H and O–H groups in total. The standard InChI is InChI=1S/C35H39N5O6/c1-22-15-26(32(45-3)19-37-22)35(43)40-20-27-23-9-10-30(44-2)31(16-23)46-14-13-39(12-6-11-36-34(42)28(27)21-40)33(41)17-24-18-38-29-8-5-4-7-25(24)29/h4-5,7-10,15-16,18-19,27-28,38H,6,11-14,17,20-21H2,1-3H3,(H,36,42)/t27-,28+/m1/s1. The molecule has 2 aromatic carbocycles. The highest BCUT2D eigenvalue weighted by atomic mass is 16.5. The number of rotatable bonds is 5. The third kappa shape index (κ3) is 6.35. The molecule has 2 atom stereocenters. The third-order valence-electron chi connectivity index (χ3n) is 8.91. The summed E-state index contributed by atoms with van der Waals surface area (Å²) in [4.78, 5) is 52.0. The third-order valence-corrected chi connectivity index (χ3v) is 8.91. The number of hydrogen-bond donors (Lipinski definition) is 2. The van der Waals surface area contributed by atoms with Crippen LogP contribution in [0.5, 0.6) is 17.2 Å². The van der Waals surface area contributed by atoms with Crippen LogP contribution in [0.4, 0.5) is 0 Å². The highest BCUT2D eigenvalue weighted by molar-refractivity contribution is 5.98. The van der Waals surface area contributed by atoms with Gasteiger partial charge in [0, 0.05) is 54.9 Å². The molecule has 0 unspecified atom stereocenters. The molecule has 6 rings (SSSR count). The molecule has 46 heavy (non-hydrogen) atoms. The molecule has 2 aliphatic rings. The van der Waals surface area contributed by atoms with Crippen molar-refractivity contribution < 1.29 is 28.6 Å². The number of carbonyl (C=O) groups is 3. The topological polar surface area (TPSA) is 126 Å². The monoisotopic (exact) mass is 625 g/mol. The Labute approximate surface area is 267 Å². The minimum Gasteiger partial charge on any atom is -0.494 e. The van der Waals surface area contributed by atoms with Crippen molar-refractivity contribution in [3.8, 4) is 17.2 Å². The fraction of sp³-hybridized carbons (Fsp3) is 0.371. The lowest BCUT2D eigenvalue weighted by molar-refractivity contribution is -0.130. The number of para-hydroxylation sites is 1. The first-order valence-electron chi connectivity index (χ1n) is 15.6. The number of aryl methyl sites for hydroxylation is 1. The summed E-state index contributed by atoms with van der Waals surface area (Å²) in [5, 5.41) is 4.12. The number of pyridine rings is 1. The van der Waals surface area contributed by atoms with Crippen LogP contribution < -0.4 is 19.5 Å². The number of nitrogens with one attached hydrogen (secondary N) is 2. The Morgan fingerprint density at radius 3 is 2.63 bits per heavy atom. The average molecular weight is 626 g/mol. The van der Waals surface area contributed by atoms with E-state index in [0.29, 0.717) is 61.1 Å². The van der Waals surface area contributed by atoms with Gasteiger partial charge in [-0.2, -0.15) is 0 Å². The lowest BCUT2D eigenvalue weighted by Gasteiger charge is -2.25. The van der Waals surface area contributed by atoms with Crippen LogP contribution in [0.25, 0.3) is 10.9 Å². The number of likely N-dealkylation sites (tertiary alicyclic amines) is 1. The van der Waals surface area contributed by atoms with Gasteiger partial charge in [0.1, 0.15) is 12.4 Å². The van der Waals surface area contributed by atoms with E-state index in [4.69, 9.17) is 14.2 Å². The average Bonchev–Trinajstić information content (AvgIpc) is 3.70. The van der Waals surface area contributed by atoms with E-state index in [1.165, 1.54) is 7.11 Å². The number of H-pyrrole nitrogens is 1. The first-order chi connectivity index (χ1) is 22.4. The van der Waals surface area contributed by atoms with Gasteiger partial charge in [-0.05, 0) is 48.7 Å². The van der Waals surface area contributed by atoms with Crippen molar-refractivity contribution in [3.05, 3.63) is 83.3 Å². The summed E-state index contributed by atoms with van der Waals surface area (Å²) in [6.07, 6.45) is 4.26. The summed E-state index contributed by atoms with van der Waals surface area (Å²) in [7, 11) is 3.09. The zero-order chi connectivity index (χ0) is 32.2. The van der Waals surface area contributed by atoms with Gasteiger partial charge in [-0.25, -0.2) is 0 Å². The number of ether oxygens (including phenoxy) is 3. The molecule has 2 aliphatic heterocycles. The van der Waals surface area contributed by atoms with E-state index in [1.54, 1.807) is 29.2 Å². The first-order valence-corrected chi connectivity index (χ1v) is 15.6. The van der Waals surface area contributed by atoms with E-state index in [2.05, 4.69) is 15.3 Å². The second-order valence-electron chi connectivity index (χ2n) is 11.8. The highest BCUT2D eigenvalue weighted by Gasteiger charge is 2.41. The first kappa shape index (κ1) is 30.9. The molecule has 0 spiro atoms. The summed E-state index contributed by atoms with van der Waals surface area (Å²) in [5.74, 6) is 0.361. The number of benzene rings is 2. The van der Waals surface area contributed by atoms with Crippen LogP contribution in [0, 0.1) is 12.8 Å². The van der Waals surface area contributed by atoms with Crippen LogP contribution in [0.15, 0.2) is 60.9 Å². The number of fused-ring (bicyclic) bond motifs is 5. The molecule has 3 amide bonds. The van der Waals surface area contributed by atoms with Crippen molar-refractivity contribution >= 4 is 28.6 Å². The van der Waals surface area contributed by atoms with Crippen LogP contribution in [0.3, 0.4) is 0 Å². The number of nitrogens with zero attached hydrogens (tertiary/aromatic N) is 3. The molecule has 0 aliphatic carbocycles. The minimum absolute atomic E-state index is 0.0146. The van der Waals surface area contributed by atoms with Gasteiger partial charge in [0.2, 0.25) is 11.8 Å². The fourth-order valence-electron chi connectivity index (χ4n) is 6.45. The maximum Gasteiger partial charge on any atom is 0.257 e. The van der Waals surface area contributed by atoms with Gasteiger partial charge in [-0.1, -0.05) is 24.3 Å². The molecule has 2 bridgehead atoms. The largest absolute Gasteiger partial charge is 0.494 e. The molecule has 0 saturated carbocycles. The second kappa shape index (κ2) is 13.5. The summed E-state index contributed by atoms with van der Waals surface area (Å²) < 4.78 is 17.3. The zero-order valence-electron chi connectivity index (χ0n) is 26.4. The molecular weight excluding hydrogens is 586 g/mol. The quantitative estimate of drug-likeness (QED) is 0.346. The Morgan fingerprint density at radius 2 is 1.80 bits per heavy atom. The van der Waals surface area contributed by atoms with Gasteiger partial charge in [0.05, 0.1) is 44.9 Å². The Balaban J connectivity index is 1.23. The zero-order valence-corrected chi connectivity index (χ0v) is 26.4. The summed E-state index contributed by atoms with van der Waals surface area (Å²) in [6, 6.07) is 15.3. The normalized spacial score (nSPS) is 18.7. The maximum atomic E-state index is 13.8. The SMILES string of the molecule is COc1ccc2cc1OCCN(C(=O)Cc1c[nH]c3ccccc13)CCCNC(=O)[C@H]1CN(C(=O)c3cc(C)ncc3OC)C[C@H]21. The molecule has 1 saturated heterocycles. The summed E-state index contributed by atoms with van der Waals surface area (Å²) in [6.45, 7) is 3.93. The number of methoxy groups -OCH3 is 2. The number of amides is 3. The predicted molar refractivity (Wildman–Crippen MR) is 172 cm³/mol. The van der Waals surface area contributed by atoms with Crippen LogP contribution in [-0.4, -0.2) is 91.0 Å². The van der Waals surface area contributed by atoms with Gasteiger partial charge >= 0.3 is 0 Å². The molecule has 2 aromatic heterocycles. The van der Waals surface area contributed by atoms with Crippen molar-refractivity contribution in [2.24, 2.45) is 5.92 Å². The van der Waals surface area contributed by atoms with Gasteiger partial charge in [0.25, 0.3) is 5.91 Å². The smallest absolute Gasteiger partial charge is 0.257 e. The number of hydrogen-bond acceptors (Lipinski definition) is 7. The van der Waals surface area contributed by atoms with Gasteiger partial charge in [-0.3, -0.25) is 19.4 Å². The highest BCUT2D eigenvalue weighted by Crippen LogP contribution is 2.39. The molecule has 4 heterocycles. The van der Waals surface area contributed by atoms with E-state index in [-0.39, 0.29) is 43.2 Å². The van der Waals surface area contributed by atoms with Gasteiger partial charge in [0.15, 0.2) is 11.5 Å². The summed E-state index contributed by atoms with van der Waals surface area (Å²) >= 11 is 0.